The Morgan fingerprint density at radius 2 is 1.91 bits per heavy atom. The highest BCUT2D eigenvalue weighted by Gasteiger charge is 2.19. The summed E-state index contributed by atoms with van der Waals surface area (Å²) in [7, 11) is 0. The Bertz CT molecular complexity index is 258. The standard InChI is InChI=1S/C8H13IN2/c1-5-10-6(7(9)11-5)8(2,3)4/h1-4H3,(H,10,11). The van der Waals surface area contributed by atoms with E-state index < -0.39 is 0 Å². The molecule has 0 spiro atoms. The zero-order valence-corrected chi connectivity index (χ0v) is 9.48. The molecule has 0 aliphatic carbocycles. The van der Waals surface area contributed by atoms with Gasteiger partial charge in [-0.1, -0.05) is 20.8 Å². The number of halogens is 1. The summed E-state index contributed by atoms with van der Waals surface area (Å²) in [6, 6.07) is 0. The maximum atomic E-state index is 4.31. The lowest BCUT2D eigenvalue weighted by Gasteiger charge is -2.16. The van der Waals surface area contributed by atoms with Gasteiger partial charge in [0, 0.05) is 5.41 Å². The summed E-state index contributed by atoms with van der Waals surface area (Å²) in [5, 5.41) is 0. The number of hydrogen-bond acceptors (Lipinski definition) is 1. The second-order valence-electron chi connectivity index (χ2n) is 3.74. The maximum Gasteiger partial charge on any atom is 0.123 e. The van der Waals surface area contributed by atoms with Gasteiger partial charge in [0.1, 0.15) is 9.53 Å². The van der Waals surface area contributed by atoms with E-state index in [0.29, 0.717) is 0 Å². The van der Waals surface area contributed by atoms with Crippen molar-refractivity contribution < 1.29 is 0 Å². The minimum Gasteiger partial charge on any atom is -0.345 e. The second kappa shape index (κ2) is 2.77. The summed E-state index contributed by atoms with van der Waals surface area (Å²) in [5.41, 5.74) is 1.41. The largest absolute Gasteiger partial charge is 0.345 e. The van der Waals surface area contributed by atoms with Crippen molar-refractivity contribution in [3.63, 3.8) is 0 Å². The SMILES string of the molecule is Cc1nc(I)c(C(C)(C)C)[nH]1. The molecule has 0 fully saturated rings. The molecule has 0 radical (unpaired) electrons. The molecule has 2 nitrogen and oxygen atoms in total. The van der Waals surface area contributed by atoms with Crippen molar-refractivity contribution in [1.29, 1.82) is 0 Å². The van der Waals surface area contributed by atoms with Crippen molar-refractivity contribution in [2.75, 3.05) is 0 Å². The van der Waals surface area contributed by atoms with E-state index in [2.05, 4.69) is 53.3 Å². The van der Waals surface area contributed by atoms with E-state index in [4.69, 9.17) is 0 Å². The summed E-state index contributed by atoms with van der Waals surface area (Å²) < 4.78 is 1.09. The van der Waals surface area contributed by atoms with Crippen molar-refractivity contribution in [1.82, 2.24) is 9.97 Å². The quantitative estimate of drug-likeness (QED) is 0.717. The Morgan fingerprint density at radius 1 is 1.36 bits per heavy atom. The first-order chi connectivity index (χ1) is 4.91. The molecule has 0 saturated heterocycles. The molecule has 0 aliphatic heterocycles. The molecule has 1 aromatic heterocycles. The molecular formula is C8H13IN2. The summed E-state index contributed by atoms with van der Waals surface area (Å²) in [6.45, 7) is 8.53. The van der Waals surface area contributed by atoms with Crippen molar-refractivity contribution >= 4 is 22.6 Å². The van der Waals surface area contributed by atoms with Gasteiger partial charge in [0.05, 0.1) is 5.69 Å². The molecule has 3 heteroatoms. The summed E-state index contributed by atoms with van der Waals surface area (Å²) in [5.74, 6) is 0.999. The fourth-order valence-electron chi connectivity index (χ4n) is 0.961. The monoisotopic (exact) mass is 264 g/mol. The van der Waals surface area contributed by atoms with Gasteiger partial charge in [-0.25, -0.2) is 4.98 Å². The molecule has 0 unspecified atom stereocenters. The second-order valence-corrected chi connectivity index (χ2v) is 4.76. The molecule has 0 saturated carbocycles. The van der Waals surface area contributed by atoms with Gasteiger partial charge < -0.3 is 4.98 Å². The summed E-state index contributed by atoms with van der Waals surface area (Å²) >= 11 is 2.26. The fourth-order valence-corrected chi connectivity index (χ4v) is 2.27. The topological polar surface area (TPSA) is 28.7 Å². The van der Waals surface area contributed by atoms with E-state index in [1.165, 1.54) is 5.69 Å². The lowest BCUT2D eigenvalue weighted by Crippen LogP contribution is -2.13. The van der Waals surface area contributed by atoms with Gasteiger partial charge in [-0.05, 0) is 29.5 Å². The van der Waals surface area contributed by atoms with Crippen LogP contribution < -0.4 is 0 Å². The Hall–Kier alpha value is -0.0600. The van der Waals surface area contributed by atoms with Crippen LogP contribution in [-0.2, 0) is 5.41 Å². The fraction of sp³-hybridized carbons (Fsp3) is 0.625. The van der Waals surface area contributed by atoms with Crippen LogP contribution in [0.3, 0.4) is 0 Å². The van der Waals surface area contributed by atoms with Gasteiger partial charge in [0.25, 0.3) is 0 Å². The number of aromatic nitrogens is 2. The van der Waals surface area contributed by atoms with Crippen molar-refractivity contribution in [2.24, 2.45) is 0 Å². The maximum absolute atomic E-state index is 4.31. The van der Waals surface area contributed by atoms with Crippen LogP contribution in [0, 0.1) is 10.6 Å². The Labute approximate surface area is 80.9 Å². The molecule has 1 heterocycles. The first-order valence-corrected chi connectivity index (χ1v) is 4.71. The minimum atomic E-state index is 0.178. The number of aryl methyl sites for hydroxylation is 1. The number of rotatable bonds is 0. The molecule has 1 rings (SSSR count). The van der Waals surface area contributed by atoms with Crippen LogP contribution in [0.25, 0.3) is 0 Å². The van der Waals surface area contributed by atoms with E-state index in [-0.39, 0.29) is 5.41 Å². The third-order valence-electron chi connectivity index (χ3n) is 1.53. The van der Waals surface area contributed by atoms with Crippen molar-refractivity contribution in [3.8, 4) is 0 Å². The molecule has 62 valence electrons. The number of H-pyrrole nitrogens is 1. The van der Waals surface area contributed by atoms with Crippen LogP contribution in [0.2, 0.25) is 0 Å². The van der Waals surface area contributed by atoms with E-state index in [0.717, 1.165) is 9.53 Å². The van der Waals surface area contributed by atoms with Crippen LogP contribution in [0.1, 0.15) is 32.3 Å². The van der Waals surface area contributed by atoms with Crippen LogP contribution in [-0.4, -0.2) is 9.97 Å². The van der Waals surface area contributed by atoms with E-state index >= 15 is 0 Å². The van der Waals surface area contributed by atoms with E-state index in [9.17, 15) is 0 Å². The third-order valence-corrected chi connectivity index (χ3v) is 2.31. The molecule has 0 aliphatic rings. The van der Waals surface area contributed by atoms with Crippen LogP contribution in [0.15, 0.2) is 0 Å². The highest BCUT2D eigenvalue weighted by Crippen LogP contribution is 2.24. The first kappa shape index (κ1) is 9.03. The average molecular weight is 264 g/mol. The average Bonchev–Trinajstić information content (AvgIpc) is 2.08. The summed E-state index contributed by atoms with van der Waals surface area (Å²) in [6.07, 6.45) is 0. The first-order valence-electron chi connectivity index (χ1n) is 3.64. The van der Waals surface area contributed by atoms with Gasteiger partial charge in [0.2, 0.25) is 0 Å². The Kier molecular flexibility index (Phi) is 2.27. The molecule has 0 bridgehead atoms. The van der Waals surface area contributed by atoms with Crippen LogP contribution in [0.4, 0.5) is 0 Å². The lowest BCUT2D eigenvalue weighted by molar-refractivity contribution is 0.568. The normalized spacial score (nSPS) is 12.1. The number of nitrogens with zero attached hydrogens (tertiary/aromatic N) is 1. The van der Waals surface area contributed by atoms with E-state index in [1.807, 2.05) is 6.92 Å². The number of nitrogens with one attached hydrogen (secondary N) is 1. The molecular weight excluding hydrogens is 251 g/mol. The molecule has 11 heavy (non-hydrogen) atoms. The molecule has 0 amide bonds. The van der Waals surface area contributed by atoms with Gasteiger partial charge in [-0.15, -0.1) is 0 Å². The lowest BCUT2D eigenvalue weighted by atomic mass is 9.93. The minimum absolute atomic E-state index is 0.178. The highest BCUT2D eigenvalue weighted by atomic mass is 127. The van der Waals surface area contributed by atoms with Crippen LogP contribution >= 0.6 is 22.6 Å². The third kappa shape index (κ3) is 1.95. The number of imidazole rings is 1. The zero-order chi connectivity index (χ0) is 8.65. The number of hydrogen-bond donors (Lipinski definition) is 1. The predicted molar refractivity (Wildman–Crippen MR) is 54.7 cm³/mol. The Balaban J connectivity index is 3.13. The van der Waals surface area contributed by atoms with Crippen molar-refractivity contribution in [2.45, 2.75) is 33.1 Å². The Morgan fingerprint density at radius 3 is 2.09 bits per heavy atom. The molecule has 0 atom stereocenters. The smallest absolute Gasteiger partial charge is 0.123 e. The predicted octanol–water partition coefficient (Wildman–Crippen LogP) is 2.62. The zero-order valence-electron chi connectivity index (χ0n) is 7.33. The van der Waals surface area contributed by atoms with Crippen LogP contribution in [0.5, 0.6) is 0 Å². The number of aromatic amines is 1. The van der Waals surface area contributed by atoms with Gasteiger partial charge in [0.15, 0.2) is 0 Å². The highest BCUT2D eigenvalue weighted by molar-refractivity contribution is 14.1. The van der Waals surface area contributed by atoms with E-state index in [1.54, 1.807) is 0 Å². The van der Waals surface area contributed by atoms with Crippen molar-refractivity contribution in [3.05, 3.63) is 15.2 Å². The van der Waals surface area contributed by atoms with Gasteiger partial charge >= 0.3 is 0 Å². The van der Waals surface area contributed by atoms with Gasteiger partial charge in [-0.3, -0.25) is 0 Å². The summed E-state index contributed by atoms with van der Waals surface area (Å²) in [4.78, 5) is 7.57. The molecule has 0 aromatic carbocycles. The molecule has 1 N–H and O–H groups in total. The van der Waals surface area contributed by atoms with Gasteiger partial charge in [-0.2, -0.15) is 0 Å². The molecule has 1 aromatic rings.